The van der Waals surface area contributed by atoms with E-state index < -0.39 is 0 Å². The summed E-state index contributed by atoms with van der Waals surface area (Å²) in [4.78, 5) is 2.66. The molecule has 1 heterocycles. The lowest BCUT2D eigenvalue weighted by Crippen LogP contribution is -2.45. The number of nitrogens with one attached hydrogen (secondary N) is 1. The van der Waals surface area contributed by atoms with E-state index in [-0.39, 0.29) is 0 Å². The highest BCUT2D eigenvalue weighted by atomic mass is 15.1. The second kappa shape index (κ2) is 6.19. The molecule has 0 aromatic heterocycles. The second-order valence-electron chi connectivity index (χ2n) is 6.37. The molecule has 1 aliphatic carbocycles. The van der Waals surface area contributed by atoms with Crippen LogP contribution in [0.2, 0.25) is 0 Å². The van der Waals surface area contributed by atoms with Crippen LogP contribution in [0.5, 0.6) is 0 Å². The maximum atomic E-state index is 3.78. The van der Waals surface area contributed by atoms with Gasteiger partial charge >= 0.3 is 0 Å². The van der Waals surface area contributed by atoms with Crippen molar-refractivity contribution in [2.45, 2.75) is 52.5 Å². The predicted octanol–water partition coefficient (Wildman–Crippen LogP) is 2.74. The zero-order valence-electron chi connectivity index (χ0n) is 11.9. The van der Waals surface area contributed by atoms with Gasteiger partial charge in [-0.3, -0.25) is 0 Å². The van der Waals surface area contributed by atoms with Gasteiger partial charge in [-0.15, -0.1) is 0 Å². The Hall–Kier alpha value is -0.0800. The van der Waals surface area contributed by atoms with Crippen LogP contribution in [-0.2, 0) is 0 Å². The molecule has 0 spiro atoms. The first-order chi connectivity index (χ1) is 8.20. The fraction of sp³-hybridized carbons (Fsp3) is 1.00. The van der Waals surface area contributed by atoms with Gasteiger partial charge in [-0.05, 0) is 70.0 Å². The van der Waals surface area contributed by atoms with Gasteiger partial charge in [-0.2, -0.15) is 0 Å². The lowest BCUT2D eigenvalue weighted by Gasteiger charge is -2.36. The minimum absolute atomic E-state index is 0.711. The average molecular weight is 238 g/mol. The van der Waals surface area contributed by atoms with E-state index in [0.29, 0.717) is 6.04 Å². The van der Waals surface area contributed by atoms with Crippen molar-refractivity contribution < 1.29 is 0 Å². The van der Waals surface area contributed by atoms with Crippen LogP contribution in [0, 0.1) is 17.8 Å². The summed E-state index contributed by atoms with van der Waals surface area (Å²) in [5.41, 5.74) is 0. The predicted molar refractivity (Wildman–Crippen MR) is 74.2 cm³/mol. The molecule has 0 amide bonds. The number of hydrogen-bond acceptors (Lipinski definition) is 2. The van der Waals surface area contributed by atoms with E-state index in [9.17, 15) is 0 Å². The van der Waals surface area contributed by atoms with Crippen LogP contribution in [0.15, 0.2) is 0 Å². The molecule has 0 aromatic rings. The quantitative estimate of drug-likeness (QED) is 0.765. The van der Waals surface area contributed by atoms with E-state index in [2.05, 4.69) is 31.0 Å². The normalized spacial score (nSPS) is 35.8. The van der Waals surface area contributed by atoms with Gasteiger partial charge in [0.1, 0.15) is 0 Å². The lowest BCUT2D eigenvalue weighted by molar-refractivity contribution is 0.150. The van der Waals surface area contributed by atoms with Gasteiger partial charge in [-0.25, -0.2) is 0 Å². The molecule has 0 bridgehead atoms. The lowest BCUT2D eigenvalue weighted by atomic mass is 9.91. The van der Waals surface area contributed by atoms with E-state index >= 15 is 0 Å². The molecule has 2 fully saturated rings. The average Bonchev–Trinajstić information content (AvgIpc) is 3.03. The molecule has 17 heavy (non-hydrogen) atoms. The summed E-state index contributed by atoms with van der Waals surface area (Å²) < 4.78 is 0. The Labute approximate surface area is 107 Å². The van der Waals surface area contributed by atoms with Gasteiger partial charge < -0.3 is 10.2 Å². The molecule has 100 valence electrons. The molecule has 0 aromatic carbocycles. The third kappa shape index (κ3) is 3.96. The molecule has 2 rings (SSSR count). The topological polar surface area (TPSA) is 15.3 Å². The Morgan fingerprint density at radius 2 is 2.18 bits per heavy atom. The Morgan fingerprint density at radius 3 is 2.82 bits per heavy atom. The van der Waals surface area contributed by atoms with Crippen molar-refractivity contribution in [2.24, 2.45) is 17.8 Å². The van der Waals surface area contributed by atoms with Gasteiger partial charge in [0.05, 0.1) is 0 Å². The minimum Gasteiger partial charge on any atom is -0.314 e. The fourth-order valence-corrected chi connectivity index (χ4v) is 3.21. The van der Waals surface area contributed by atoms with Crippen molar-refractivity contribution in [1.82, 2.24) is 10.2 Å². The SMILES string of the molecule is CCCN1CCCC(C(C)NCC2CC2C)C1. The number of rotatable bonds is 6. The molecule has 2 nitrogen and oxygen atoms in total. The second-order valence-corrected chi connectivity index (χ2v) is 6.37. The molecule has 1 saturated carbocycles. The van der Waals surface area contributed by atoms with E-state index in [0.717, 1.165) is 17.8 Å². The van der Waals surface area contributed by atoms with Gasteiger partial charge in [0.25, 0.3) is 0 Å². The molecule has 1 aliphatic heterocycles. The molecule has 2 aliphatic rings. The molecular formula is C15H30N2. The van der Waals surface area contributed by atoms with Gasteiger partial charge in [0.15, 0.2) is 0 Å². The highest BCUT2D eigenvalue weighted by Gasteiger charge is 2.33. The summed E-state index contributed by atoms with van der Waals surface area (Å²) >= 11 is 0. The number of piperidine rings is 1. The Balaban J connectivity index is 1.68. The van der Waals surface area contributed by atoms with Crippen molar-refractivity contribution in [3.05, 3.63) is 0 Å². The van der Waals surface area contributed by atoms with E-state index in [4.69, 9.17) is 0 Å². The summed E-state index contributed by atoms with van der Waals surface area (Å²) in [7, 11) is 0. The zero-order valence-corrected chi connectivity index (χ0v) is 11.9. The maximum Gasteiger partial charge on any atom is 0.00793 e. The molecule has 4 atom stereocenters. The van der Waals surface area contributed by atoms with Crippen LogP contribution < -0.4 is 5.32 Å². The fourth-order valence-electron chi connectivity index (χ4n) is 3.21. The van der Waals surface area contributed by atoms with Crippen LogP contribution in [0.1, 0.15) is 46.5 Å². The highest BCUT2D eigenvalue weighted by Crippen LogP contribution is 2.37. The molecule has 4 unspecified atom stereocenters. The largest absolute Gasteiger partial charge is 0.314 e. The first-order valence-electron chi connectivity index (χ1n) is 7.66. The minimum atomic E-state index is 0.711. The molecule has 1 saturated heterocycles. The van der Waals surface area contributed by atoms with Crippen LogP contribution in [0.25, 0.3) is 0 Å². The standard InChI is InChI=1S/C15H30N2/c1-4-7-17-8-5-6-14(11-17)13(3)16-10-15-9-12(15)2/h12-16H,4-11H2,1-3H3. The summed E-state index contributed by atoms with van der Waals surface area (Å²) in [6.45, 7) is 12.3. The number of likely N-dealkylation sites (tertiary alicyclic amines) is 1. The Bertz CT molecular complexity index is 227. The van der Waals surface area contributed by atoms with Crippen LogP contribution in [-0.4, -0.2) is 37.1 Å². The summed E-state index contributed by atoms with van der Waals surface area (Å²) in [5.74, 6) is 2.84. The Kier molecular flexibility index (Phi) is 4.87. The van der Waals surface area contributed by atoms with Crippen LogP contribution >= 0.6 is 0 Å². The molecule has 1 N–H and O–H groups in total. The zero-order chi connectivity index (χ0) is 12.3. The van der Waals surface area contributed by atoms with Gasteiger partial charge in [0, 0.05) is 12.6 Å². The first kappa shape index (κ1) is 13.4. The number of nitrogens with zero attached hydrogens (tertiary/aromatic N) is 1. The molecule has 0 radical (unpaired) electrons. The van der Waals surface area contributed by atoms with Crippen molar-refractivity contribution in [3.63, 3.8) is 0 Å². The van der Waals surface area contributed by atoms with E-state index in [1.807, 2.05) is 0 Å². The first-order valence-corrected chi connectivity index (χ1v) is 7.66. The van der Waals surface area contributed by atoms with Gasteiger partial charge in [-0.1, -0.05) is 13.8 Å². The molecular weight excluding hydrogens is 208 g/mol. The smallest absolute Gasteiger partial charge is 0.00793 e. The van der Waals surface area contributed by atoms with E-state index in [1.54, 1.807) is 0 Å². The Morgan fingerprint density at radius 1 is 1.41 bits per heavy atom. The monoisotopic (exact) mass is 238 g/mol. The van der Waals surface area contributed by atoms with Crippen LogP contribution in [0.3, 0.4) is 0 Å². The third-order valence-electron chi connectivity index (χ3n) is 4.77. The third-order valence-corrected chi connectivity index (χ3v) is 4.77. The molecule has 2 heteroatoms. The van der Waals surface area contributed by atoms with Crippen molar-refractivity contribution in [3.8, 4) is 0 Å². The van der Waals surface area contributed by atoms with Crippen molar-refractivity contribution in [2.75, 3.05) is 26.2 Å². The summed E-state index contributed by atoms with van der Waals surface area (Å²) in [6, 6.07) is 0.711. The van der Waals surface area contributed by atoms with Crippen molar-refractivity contribution in [1.29, 1.82) is 0 Å². The highest BCUT2D eigenvalue weighted by molar-refractivity contribution is 4.87. The van der Waals surface area contributed by atoms with Gasteiger partial charge in [0.2, 0.25) is 0 Å². The van der Waals surface area contributed by atoms with Crippen LogP contribution in [0.4, 0.5) is 0 Å². The number of hydrogen-bond donors (Lipinski definition) is 1. The summed E-state index contributed by atoms with van der Waals surface area (Å²) in [6.07, 6.45) is 5.57. The summed E-state index contributed by atoms with van der Waals surface area (Å²) in [5, 5.41) is 3.78. The maximum absolute atomic E-state index is 3.78. The van der Waals surface area contributed by atoms with Crippen molar-refractivity contribution >= 4 is 0 Å². The van der Waals surface area contributed by atoms with E-state index in [1.165, 1.54) is 51.9 Å².